The Hall–Kier alpha value is -2.91. The minimum Gasteiger partial charge on any atom is -0.454 e. The molecule has 2 aromatic carbocycles. The Kier molecular flexibility index (Phi) is 4.56. The van der Waals surface area contributed by atoms with Crippen LogP contribution in [-0.2, 0) is 16.6 Å². The zero-order valence-electron chi connectivity index (χ0n) is 15.1. The van der Waals surface area contributed by atoms with E-state index in [1.807, 2.05) is 6.92 Å². The number of ether oxygens (including phenoxy) is 2. The topological polar surface area (TPSA) is 102 Å². The quantitative estimate of drug-likeness (QED) is 0.734. The number of carbonyl (C=O) groups excluding carboxylic acids is 2. The van der Waals surface area contributed by atoms with Crippen LogP contribution in [0.1, 0.15) is 31.8 Å². The second-order valence-electron chi connectivity index (χ2n) is 6.64. The number of nitrogens with one attached hydrogen (secondary N) is 1. The molecule has 2 aromatic rings. The molecular weight excluding hydrogens is 384 g/mol. The van der Waals surface area contributed by atoms with Crippen molar-refractivity contribution in [3.05, 3.63) is 58.7 Å². The van der Waals surface area contributed by atoms with Gasteiger partial charge in [0.05, 0.1) is 16.9 Å². The van der Waals surface area contributed by atoms with Gasteiger partial charge in [-0.1, -0.05) is 17.7 Å². The third-order valence-electron chi connectivity index (χ3n) is 4.64. The maximum absolute atomic E-state index is 12.4. The number of sulfonamides is 1. The summed E-state index contributed by atoms with van der Waals surface area (Å²) in [4.78, 5) is 25.8. The average Bonchev–Trinajstić information content (AvgIpc) is 3.22. The molecule has 0 fully saturated rings. The van der Waals surface area contributed by atoms with Gasteiger partial charge in [-0.3, -0.25) is 14.5 Å². The lowest BCUT2D eigenvalue weighted by atomic mass is 10.1. The van der Waals surface area contributed by atoms with Gasteiger partial charge in [0.25, 0.3) is 11.8 Å². The van der Waals surface area contributed by atoms with Crippen molar-refractivity contribution in [2.75, 3.05) is 19.1 Å². The molecule has 28 heavy (non-hydrogen) atoms. The highest BCUT2D eigenvalue weighted by Crippen LogP contribution is 2.32. The number of fused-ring (bicyclic) bond motifs is 2. The SMILES string of the molecule is Cc1ccc2c(c1)C(=O)N(CCS(=O)(=O)NCc1ccc3c(c1)OCO3)C2=O. The third-order valence-corrected chi connectivity index (χ3v) is 5.95. The fourth-order valence-corrected chi connectivity index (χ4v) is 4.09. The molecule has 2 heterocycles. The molecule has 0 saturated heterocycles. The highest BCUT2D eigenvalue weighted by atomic mass is 32.2. The van der Waals surface area contributed by atoms with Crippen LogP contribution in [0.2, 0.25) is 0 Å². The summed E-state index contributed by atoms with van der Waals surface area (Å²) >= 11 is 0. The Labute approximate surface area is 162 Å². The lowest BCUT2D eigenvalue weighted by Crippen LogP contribution is -2.37. The van der Waals surface area contributed by atoms with Crippen molar-refractivity contribution in [2.24, 2.45) is 0 Å². The Morgan fingerprint density at radius 1 is 1.00 bits per heavy atom. The first-order valence-electron chi connectivity index (χ1n) is 8.67. The first kappa shape index (κ1) is 18.5. The molecule has 146 valence electrons. The van der Waals surface area contributed by atoms with E-state index in [4.69, 9.17) is 9.47 Å². The van der Waals surface area contributed by atoms with E-state index < -0.39 is 21.8 Å². The molecule has 9 heteroatoms. The van der Waals surface area contributed by atoms with Gasteiger partial charge < -0.3 is 9.47 Å². The standard InChI is InChI=1S/C19H18N2O6S/c1-12-2-4-14-15(8-12)19(23)21(18(14)22)6-7-28(24,25)20-10-13-3-5-16-17(9-13)27-11-26-16/h2-5,8-9,20H,6-7,10-11H2,1H3. The second-order valence-corrected chi connectivity index (χ2v) is 8.57. The maximum atomic E-state index is 12.4. The number of benzene rings is 2. The van der Waals surface area contributed by atoms with E-state index >= 15 is 0 Å². The van der Waals surface area contributed by atoms with Crippen molar-refractivity contribution < 1.29 is 27.5 Å². The normalized spacial score (nSPS) is 15.2. The fraction of sp³-hybridized carbons (Fsp3) is 0.263. The minimum absolute atomic E-state index is 0.0697. The third kappa shape index (κ3) is 3.46. The van der Waals surface area contributed by atoms with E-state index in [1.165, 1.54) is 0 Å². The van der Waals surface area contributed by atoms with Crippen molar-refractivity contribution >= 4 is 21.8 Å². The van der Waals surface area contributed by atoms with E-state index in [-0.39, 0.29) is 25.6 Å². The van der Waals surface area contributed by atoms with E-state index in [0.29, 0.717) is 28.2 Å². The van der Waals surface area contributed by atoms with Crippen LogP contribution in [0.4, 0.5) is 0 Å². The highest BCUT2D eigenvalue weighted by molar-refractivity contribution is 7.89. The summed E-state index contributed by atoms with van der Waals surface area (Å²) in [6.45, 7) is 1.83. The van der Waals surface area contributed by atoms with Crippen LogP contribution < -0.4 is 14.2 Å². The zero-order chi connectivity index (χ0) is 19.9. The molecule has 4 rings (SSSR count). The van der Waals surface area contributed by atoms with Gasteiger partial charge in [0.1, 0.15) is 0 Å². The van der Waals surface area contributed by atoms with E-state index in [9.17, 15) is 18.0 Å². The molecule has 0 unspecified atom stereocenters. The van der Waals surface area contributed by atoms with Gasteiger partial charge >= 0.3 is 0 Å². The molecule has 0 bridgehead atoms. The Balaban J connectivity index is 1.38. The van der Waals surface area contributed by atoms with Gasteiger partial charge in [0.2, 0.25) is 16.8 Å². The largest absolute Gasteiger partial charge is 0.454 e. The minimum atomic E-state index is -3.69. The predicted octanol–water partition coefficient (Wildman–Crippen LogP) is 1.44. The molecule has 0 spiro atoms. The monoisotopic (exact) mass is 402 g/mol. The van der Waals surface area contributed by atoms with Crippen LogP contribution in [0.5, 0.6) is 11.5 Å². The first-order chi connectivity index (χ1) is 13.3. The van der Waals surface area contributed by atoms with Gasteiger partial charge in [0.15, 0.2) is 11.5 Å². The van der Waals surface area contributed by atoms with Crippen molar-refractivity contribution in [3.8, 4) is 11.5 Å². The maximum Gasteiger partial charge on any atom is 0.261 e. The van der Waals surface area contributed by atoms with E-state index in [0.717, 1.165) is 10.5 Å². The molecule has 0 radical (unpaired) electrons. The average molecular weight is 402 g/mol. The summed E-state index contributed by atoms with van der Waals surface area (Å²) in [5.41, 5.74) is 2.20. The van der Waals surface area contributed by atoms with Crippen LogP contribution in [0, 0.1) is 6.92 Å². The number of carbonyl (C=O) groups is 2. The summed E-state index contributed by atoms with van der Waals surface area (Å²) in [6.07, 6.45) is 0. The Morgan fingerprint density at radius 2 is 1.75 bits per heavy atom. The number of hydrogen-bond acceptors (Lipinski definition) is 6. The molecule has 1 N–H and O–H groups in total. The van der Waals surface area contributed by atoms with E-state index in [1.54, 1.807) is 36.4 Å². The number of rotatable bonds is 6. The first-order valence-corrected chi connectivity index (χ1v) is 10.3. The van der Waals surface area contributed by atoms with Crippen LogP contribution in [0.15, 0.2) is 36.4 Å². The molecule has 0 aromatic heterocycles. The summed E-state index contributed by atoms with van der Waals surface area (Å²) in [7, 11) is -3.69. The molecule has 2 aliphatic heterocycles. The van der Waals surface area contributed by atoms with Gasteiger partial charge in [0, 0.05) is 13.1 Å². The zero-order valence-corrected chi connectivity index (χ0v) is 15.9. The van der Waals surface area contributed by atoms with Crippen molar-refractivity contribution in [2.45, 2.75) is 13.5 Å². The predicted molar refractivity (Wildman–Crippen MR) is 99.7 cm³/mol. The van der Waals surface area contributed by atoms with Gasteiger partial charge in [-0.05, 0) is 36.8 Å². The number of nitrogens with zero attached hydrogens (tertiary/aromatic N) is 1. The van der Waals surface area contributed by atoms with Crippen LogP contribution >= 0.6 is 0 Å². The van der Waals surface area contributed by atoms with Gasteiger partial charge in [-0.2, -0.15) is 0 Å². The lowest BCUT2D eigenvalue weighted by Gasteiger charge is -2.14. The molecule has 0 saturated carbocycles. The lowest BCUT2D eigenvalue weighted by molar-refractivity contribution is 0.0664. The molecule has 0 atom stereocenters. The number of imide groups is 1. The summed E-state index contributed by atoms with van der Waals surface area (Å²) in [6, 6.07) is 10.1. The smallest absolute Gasteiger partial charge is 0.261 e. The summed E-state index contributed by atoms with van der Waals surface area (Å²) < 4.78 is 37.6. The molecule has 2 aliphatic rings. The molecule has 8 nitrogen and oxygen atoms in total. The number of amides is 2. The van der Waals surface area contributed by atoms with Crippen molar-refractivity contribution in [3.63, 3.8) is 0 Å². The van der Waals surface area contributed by atoms with Crippen molar-refractivity contribution in [1.82, 2.24) is 9.62 Å². The van der Waals surface area contributed by atoms with E-state index in [2.05, 4.69) is 4.72 Å². The van der Waals surface area contributed by atoms with Crippen LogP contribution in [-0.4, -0.2) is 44.2 Å². The molecule has 0 aliphatic carbocycles. The highest BCUT2D eigenvalue weighted by Gasteiger charge is 2.35. The fourth-order valence-electron chi connectivity index (χ4n) is 3.14. The van der Waals surface area contributed by atoms with Crippen molar-refractivity contribution in [1.29, 1.82) is 0 Å². The van der Waals surface area contributed by atoms with Gasteiger partial charge in [-0.15, -0.1) is 0 Å². The number of hydrogen-bond donors (Lipinski definition) is 1. The molecular formula is C19H18N2O6S. The molecule has 2 amide bonds. The number of aryl methyl sites for hydroxylation is 1. The van der Waals surface area contributed by atoms with Crippen LogP contribution in [0.3, 0.4) is 0 Å². The Bertz CT molecular complexity index is 1080. The summed E-state index contributed by atoms with van der Waals surface area (Å²) in [5.74, 6) is -0.117. The second kappa shape index (κ2) is 6.92. The van der Waals surface area contributed by atoms with Crippen LogP contribution in [0.25, 0.3) is 0 Å². The Morgan fingerprint density at radius 3 is 2.57 bits per heavy atom. The van der Waals surface area contributed by atoms with Gasteiger partial charge in [-0.25, -0.2) is 13.1 Å². The summed E-state index contributed by atoms with van der Waals surface area (Å²) in [5, 5.41) is 0.